The summed E-state index contributed by atoms with van der Waals surface area (Å²) in [6, 6.07) is 16.4. The highest BCUT2D eigenvalue weighted by Gasteiger charge is 2.16. The molecule has 4 rings (SSSR count). The molecule has 1 heterocycles. The fourth-order valence-electron chi connectivity index (χ4n) is 3.51. The van der Waals surface area contributed by atoms with Crippen molar-refractivity contribution in [2.24, 2.45) is 0 Å². The van der Waals surface area contributed by atoms with Crippen LogP contribution in [0.4, 0.5) is 5.69 Å². The molecule has 0 unspecified atom stereocenters. The first kappa shape index (κ1) is 24.9. The Morgan fingerprint density at radius 3 is 2.46 bits per heavy atom. The molecule has 4 aromatic rings. The van der Waals surface area contributed by atoms with Crippen molar-refractivity contribution in [1.29, 1.82) is 0 Å². The number of methoxy groups -OCH3 is 1. The second-order valence-electron chi connectivity index (χ2n) is 7.83. The largest absolute Gasteiger partial charge is 0.496 e. The van der Waals surface area contributed by atoms with Crippen molar-refractivity contribution in [3.63, 3.8) is 0 Å². The van der Waals surface area contributed by atoms with Crippen LogP contribution in [-0.4, -0.2) is 33.1 Å². The zero-order chi connectivity index (χ0) is 24.9. The summed E-state index contributed by atoms with van der Waals surface area (Å²) in [6.45, 7) is 2.18. The van der Waals surface area contributed by atoms with Crippen molar-refractivity contribution >= 4 is 63.2 Å². The SMILES string of the molecule is CCCCc1ccc(-n2nc3cc(Cl)c(NC(=S)NC(=O)c4cc(Cl)ccc4OC)cc3n2)cc1. The van der Waals surface area contributed by atoms with Gasteiger partial charge in [-0.2, -0.15) is 4.80 Å². The number of rotatable bonds is 7. The summed E-state index contributed by atoms with van der Waals surface area (Å²) in [4.78, 5) is 14.3. The number of aryl methyl sites for hydroxylation is 1. The Morgan fingerprint density at radius 2 is 1.77 bits per heavy atom. The van der Waals surface area contributed by atoms with E-state index in [1.807, 2.05) is 12.1 Å². The maximum atomic E-state index is 12.7. The van der Waals surface area contributed by atoms with E-state index in [0.29, 0.717) is 32.5 Å². The fraction of sp³-hybridized carbons (Fsp3) is 0.200. The van der Waals surface area contributed by atoms with Gasteiger partial charge in [0.2, 0.25) is 0 Å². The predicted molar refractivity (Wildman–Crippen MR) is 144 cm³/mol. The minimum atomic E-state index is -0.465. The van der Waals surface area contributed by atoms with Crippen LogP contribution in [0.5, 0.6) is 5.75 Å². The molecule has 0 aliphatic heterocycles. The molecule has 0 spiro atoms. The molecule has 1 amide bonds. The number of nitrogens with one attached hydrogen (secondary N) is 2. The number of nitrogens with zero attached hydrogens (tertiary/aromatic N) is 3. The second-order valence-corrected chi connectivity index (χ2v) is 9.08. The monoisotopic (exact) mass is 527 g/mol. The number of halogens is 2. The van der Waals surface area contributed by atoms with Crippen LogP contribution in [0.15, 0.2) is 54.6 Å². The van der Waals surface area contributed by atoms with E-state index in [2.05, 4.69) is 39.9 Å². The van der Waals surface area contributed by atoms with Gasteiger partial charge in [0.1, 0.15) is 16.8 Å². The summed E-state index contributed by atoms with van der Waals surface area (Å²) >= 11 is 17.8. The zero-order valence-electron chi connectivity index (χ0n) is 19.1. The molecular formula is C25H23Cl2N5O2S. The van der Waals surface area contributed by atoms with E-state index in [1.54, 1.807) is 29.1 Å². The number of hydrogen-bond donors (Lipinski definition) is 2. The van der Waals surface area contributed by atoms with Gasteiger partial charge in [0, 0.05) is 5.02 Å². The minimum Gasteiger partial charge on any atom is -0.496 e. The highest BCUT2D eigenvalue weighted by molar-refractivity contribution is 7.80. The Kier molecular flexibility index (Phi) is 7.85. The summed E-state index contributed by atoms with van der Waals surface area (Å²) in [5.74, 6) is -0.0865. The van der Waals surface area contributed by atoms with Gasteiger partial charge in [-0.1, -0.05) is 48.7 Å². The first-order chi connectivity index (χ1) is 16.9. The van der Waals surface area contributed by atoms with Crippen LogP contribution in [0.2, 0.25) is 10.0 Å². The number of carbonyl (C=O) groups is 1. The lowest BCUT2D eigenvalue weighted by molar-refractivity contribution is 0.0975. The van der Waals surface area contributed by atoms with Gasteiger partial charge in [-0.25, -0.2) is 0 Å². The van der Waals surface area contributed by atoms with E-state index in [-0.39, 0.29) is 10.7 Å². The number of thiocarbonyl (C=S) groups is 1. The van der Waals surface area contributed by atoms with E-state index >= 15 is 0 Å². The maximum Gasteiger partial charge on any atom is 0.261 e. The van der Waals surface area contributed by atoms with Crippen molar-refractivity contribution in [3.8, 4) is 11.4 Å². The number of ether oxygens (including phenoxy) is 1. The molecule has 0 atom stereocenters. The number of amides is 1. The van der Waals surface area contributed by atoms with Crippen LogP contribution in [-0.2, 0) is 6.42 Å². The predicted octanol–water partition coefficient (Wildman–Crippen LogP) is 6.21. The van der Waals surface area contributed by atoms with Gasteiger partial charge < -0.3 is 10.1 Å². The Balaban J connectivity index is 1.50. The molecule has 0 saturated carbocycles. The molecule has 0 bridgehead atoms. The summed E-state index contributed by atoms with van der Waals surface area (Å²) in [5, 5.41) is 15.5. The van der Waals surface area contributed by atoms with E-state index in [4.69, 9.17) is 40.2 Å². The van der Waals surface area contributed by atoms with Crippen molar-refractivity contribution in [2.45, 2.75) is 26.2 Å². The van der Waals surface area contributed by atoms with Crippen molar-refractivity contribution in [3.05, 3.63) is 75.8 Å². The standard InChI is InChI=1S/C25H23Cl2N5O2S/c1-3-4-5-15-6-9-17(10-7-15)32-30-21-13-19(27)20(14-22(21)31-32)28-25(35)29-24(33)18-12-16(26)8-11-23(18)34-2/h6-14H,3-5H2,1-2H3,(H2,28,29,33,35). The summed E-state index contributed by atoms with van der Waals surface area (Å²) in [7, 11) is 1.47. The molecule has 2 N–H and O–H groups in total. The van der Waals surface area contributed by atoms with Crippen molar-refractivity contribution in [2.75, 3.05) is 12.4 Å². The quantitative estimate of drug-likeness (QED) is 0.278. The lowest BCUT2D eigenvalue weighted by Gasteiger charge is -2.12. The van der Waals surface area contributed by atoms with Gasteiger partial charge in [-0.15, -0.1) is 10.2 Å². The van der Waals surface area contributed by atoms with Crippen LogP contribution in [0.3, 0.4) is 0 Å². The Labute approximate surface area is 218 Å². The number of benzene rings is 3. The molecule has 3 aromatic carbocycles. The molecule has 0 fully saturated rings. The third kappa shape index (κ3) is 5.90. The lowest BCUT2D eigenvalue weighted by Crippen LogP contribution is -2.34. The van der Waals surface area contributed by atoms with E-state index in [0.717, 1.165) is 24.9 Å². The number of fused-ring (bicyclic) bond motifs is 1. The van der Waals surface area contributed by atoms with E-state index < -0.39 is 5.91 Å². The van der Waals surface area contributed by atoms with E-state index in [1.165, 1.54) is 18.7 Å². The Hall–Kier alpha value is -3.20. The third-order valence-corrected chi connectivity index (χ3v) is 6.09. The highest BCUT2D eigenvalue weighted by Crippen LogP contribution is 2.27. The zero-order valence-corrected chi connectivity index (χ0v) is 21.5. The number of aromatic nitrogens is 3. The molecule has 1 aromatic heterocycles. The lowest BCUT2D eigenvalue weighted by atomic mass is 10.1. The number of hydrogen-bond acceptors (Lipinski definition) is 5. The van der Waals surface area contributed by atoms with Crippen LogP contribution >= 0.6 is 35.4 Å². The summed E-state index contributed by atoms with van der Waals surface area (Å²) < 4.78 is 5.23. The number of unbranched alkanes of at least 4 members (excludes halogenated alkanes) is 1. The van der Waals surface area contributed by atoms with Crippen molar-refractivity contribution in [1.82, 2.24) is 20.3 Å². The molecule has 180 valence electrons. The Bertz CT molecular complexity index is 1390. The van der Waals surface area contributed by atoms with Gasteiger partial charge in [0.05, 0.1) is 29.1 Å². The summed E-state index contributed by atoms with van der Waals surface area (Å²) in [6.07, 6.45) is 3.37. The molecule has 0 aliphatic rings. The van der Waals surface area contributed by atoms with Crippen LogP contribution in [0, 0.1) is 0 Å². The highest BCUT2D eigenvalue weighted by atomic mass is 35.5. The fourth-order valence-corrected chi connectivity index (χ4v) is 4.09. The molecule has 35 heavy (non-hydrogen) atoms. The second kappa shape index (κ2) is 11.0. The minimum absolute atomic E-state index is 0.0633. The van der Waals surface area contributed by atoms with Crippen LogP contribution in [0.1, 0.15) is 35.7 Å². The third-order valence-electron chi connectivity index (χ3n) is 5.34. The number of anilines is 1. The first-order valence-electron chi connectivity index (χ1n) is 11.0. The molecular weight excluding hydrogens is 505 g/mol. The van der Waals surface area contributed by atoms with Gasteiger partial charge in [0.25, 0.3) is 5.91 Å². The maximum absolute atomic E-state index is 12.7. The normalized spacial score (nSPS) is 10.9. The topological polar surface area (TPSA) is 81.1 Å². The van der Waals surface area contributed by atoms with Gasteiger partial charge >= 0.3 is 0 Å². The van der Waals surface area contributed by atoms with Gasteiger partial charge in [-0.05, 0) is 73.1 Å². The average Bonchev–Trinajstić information content (AvgIpc) is 3.25. The molecule has 0 aliphatic carbocycles. The van der Waals surface area contributed by atoms with Crippen molar-refractivity contribution < 1.29 is 9.53 Å². The molecule has 10 heteroatoms. The Morgan fingerprint density at radius 1 is 1.06 bits per heavy atom. The smallest absolute Gasteiger partial charge is 0.261 e. The molecule has 7 nitrogen and oxygen atoms in total. The summed E-state index contributed by atoms with van der Waals surface area (Å²) in [5.41, 5.74) is 4.14. The molecule has 0 saturated heterocycles. The van der Waals surface area contributed by atoms with Crippen LogP contribution < -0.4 is 15.4 Å². The number of carbonyl (C=O) groups excluding carboxylic acids is 1. The van der Waals surface area contributed by atoms with Gasteiger partial charge in [-0.3, -0.25) is 10.1 Å². The van der Waals surface area contributed by atoms with Crippen LogP contribution in [0.25, 0.3) is 16.7 Å². The van der Waals surface area contributed by atoms with Gasteiger partial charge in [0.15, 0.2) is 5.11 Å². The average molecular weight is 528 g/mol. The van der Waals surface area contributed by atoms with E-state index in [9.17, 15) is 4.79 Å². The first-order valence-corrected chi connectivity index (χ1v) is 12.2. The molecule has 0 radical (unpaired) electrons.